The molecule has 1 fully saturated rings. The molecule has 1 aliphatic rings. The summed E-state index contributed by atoms with van der Waals surface area (Å²) < 4.78 is 37.9. The van der Waals surface area contributed by atoms with Crippen LogP contribution in [0.5, 0.6) is 11.5 Å². The Balaban J connectivity index is 1.68. The minimum Gasteiger partial charge on any atom is -0.493 e. The van der Waals surface area contributed by atoms with Crippen molar-refractivity contribution in [1.29, 1.82) is 0 Å². The molecule has 1 N–H and O–H groups in total. The van der Waals surface area contributed by atoms with Gasteiger partial charge in [-0.2, -0.15) is 9.41 Å². The number of carbonyl (C=O) groups is 1. The van der Waals surface area contributed by atoms with Gasteiger partial charge in [-0.05, 0) is 60.9 Å². The molecule has 0 bridgehead atoms. The largest absolute Gasteiger partial charge is 0.493 e. The Morgan fingerprint density at radius 2 is 2.03 bits per heavy atom. The molecule has 0 aromatic heterocycles. The number of carbonyl (C=O) groups excluding carboxylic acids is 1. The predicted octanol–water partition coefficient (Wildman–Crippen LogP) is 3.22. The van der Waals surface area contributed by atoms with E-state index < -0.39 is 22.0 Å². The average molecular weight is 478 g/mol. The highest BCUT2D eigenvalue weighted by Crippen LogP contribution is 2.28. The van der Waals surface area contributed by atoms with Gasteiger partial charge >= 0.3 is 0 Å². The van der Waals surface area contributed by atoms with E-state index in [0.29, 0.717) is 41.5 Å². The molecule has 1 saturated heterocycles. The zero-order valence-corrected chi connectivity index (χ0v) is 19.1. The SMILES string of the molecule is C=CCOc1ccc(/C=N\NC(=O)[C@@H]2CCCN2S(=O)(=O)c2ccc(Cl)cc2)cc1OC. The molecule has 2 aromatic carbocycles. The minimum absolute atomic E-state index is 0.0935. The number of hydrazone groups is 1. The first-order chi connectivity index (χ1) is 15.4. The van der Waals surface area contributed by atoms with Crippen molar-refractivity contribution >= 4 is 33.7 Å². The van der Waals surface area contributed by atoms with Crippen molar-refractivity contribution in [1.82, 2.24) is 9.73 Å². The van der Waals surface area contributed by atoms with Gasteiger partial charge in [-0.25, -0.2) is 13.8 Å². The number of sulfonamides is 1. The molecule has 1 amide bonds. The molecule has 170 valence electrons. The highest BCUT2D eigenvalue weighted by Gasteiger charge is 2.39. The molecule has 1 aliphatic heterocycles. The monoisotopic (exact) mass is 477 g/mol. The van der Waals surface area contributed by atoms with E-state index in [-0.39, 0.29) is 11.4 Å². The highest BCUT2D eigenvalue weighted by atomic mass is 35.5. The first-order valence-electron chi connectivity index (χ1n) is 9.89. The summed E-state index contributed by atoms with van der Waals surface area (Å²) in [5.41, 5.74) is 3.11. The Hall–Kier alpha value is -2.88. The van der Waals surface area contributed by atoms with Crippen LogP contribution < -0.4 is 14.9 Å². The van der Waals surface area contributed by atoms with Gasteiger partial charge in [0, 0.05) is 11.6 Å². The lowest BCUT2D eigenvalue weighted by molar-refractivity contribution is -0.124. The lowest BCUT2D eigenvalue weighted by Crippen LogP contribution is -2.44. The maximum absolute atomic E-state index is 13.0. The van der Waals surface area contributed by atoms with Gasteiger partial charge in [0.1, 0.15) is 12.6 Å². The summed E-state index contributed by atoms with van der Waals surface area (Å²) in [6.45, 7) is 4.21. The van der Waals surface area contributed by atoms with Crippen LogP contribution in [0.1, 0.15) is 18.4 Å². The third kappa shape index (κ3) is 5.48. The van der Waals surface area contributed by atoms with E-state index in [1.165, 1.54) is 41.9 Å². The van der Waals surface area contributed by atoms with Gasteiger partial charge in [0.2, 0.25) is 10.0 Å². The van der Waals surface area contributed by atoms with Crippen molar-refractivity contribution < 1.29 is 22.7 Å². The summed E-state index contributed by atoms with van der Waals surface area (Å²) in [5, 5.41) is 4.41. The van der Waals surface area contributed by atoms with Gasteiger partial charge in [0.15, 0.2) is 11.5 Å². The molecule has 0 aliphatic carbocycles. The molecule has 0 spiro atoms. The van der Waals surface area contributed by atoms with Crippen LogP contribution in [-0.4, -0.2) is 51.1 Å². The average Bonchev–Trinajstić information content (AvgIpc) is 3.29. The summed E-state index contributed by atoms with van der Waals surface area (Å²) in [6, 6.07) is 10.2. The summed E-state index contributed by atoms with van der Waals surface area (Å²) in [6.07, 6.45) is 4.07. The van der Waals surface area contributed by atoms with Crippen LogP contribution >= 0.6 is 11.6 Å². The van der Waals surface area contributed by atoms with Crippen LogP contribution in [0.3, 0.4) is 0 Å². The Labute approximate surface area is 192 Å². The summed E-state index contributed by atoms with van der Waals surface area (Å²) >= 11 is 5.85. The minimum atomic E-state index is -3.82. The first-order valence-corrected chi connectivity index (χ1v) is 11.7. The van der Waals surface area contributed by atoms with Crippen molar-refractivity contribution in [3.05, 3.63) is 65.7 Å². The van der Waals surface area contributed by atoms with Crippen LogP contribution in [0.25, 0.3) is 0 Å². The number of methoxy groups -OCH3 is 1. The number of hydrogen-bond donors (Lipinski definition) is 1. The van der Waals surface area contributed by atoms with Crippen LogP contribution in [-0.2, 0) is 14.8 Å². The van der Waals surface area contributed by atoms with Crippen molar-refractivity contribution in [2.75, 3.05) is 20.3 Å². The number of rotatable bonds is 9. The van der Waals surface area contributed by atoms with Crippen molar-refractivity contribution in [3.63, 3.8) is 0 Å². The van der Waals surface area contributed by atoms with Gasteiger partial charge < -0.3 is 9.47 Å². The molecule has 0 radical (unpaired) electrons. The number of halogens is 1. The number of ether oxygens (including phenoxy) is 2. The van der Waals surface area contributed by atoms with Crippen molar-refractivity contribution in [2.24, 2.45) is 5.10 Å². The Morgan fingerprint density at radius 1 is 1.28 bits per heavy atom. The summed E-state index contributed by atoms with van der Waals surface area (Å²) in [5.74, 6) is 0.579. The van der Waals surface area contributed by atoms with E-state index in [9.17, 15) is 13.2 Å². The standard InChI is InChI=1S/C22H24ClN3O5S/c1-3-13-31-20-11-6-16(14-21(20)30-2)15-24-25-22(27)19-5-4-12-26(19)32(28,29)18-9-7-17(23)8-10-18/h3,6-11,14-15,19H,1,4-5,12-13H2,2H3,(H,25,27)/b24-15-/t19-/m0/s1. The fourth-order valence-electron chi connectivity index (χ4n) is 3.31. The van der Waals surface area contributed by atoms with Crippen molar-refractivity contribution in [2.45, 2.75) is 23.8 Å². The van der Waals surface area contributed by atoms with E-state index in [2.05, 4.69) is 17.1 Å². The molecular formula is C22H24ClN3O5S. The first kappa shape index (κ1) is 23.8. The third-order valence-electron chi connectivity index (χ3n) is 4.86. The van der Waals surface area contributed by atoms with Crippen LogP contribution in [0.15, 0.2) is 65.1 Å². The van der Waals surface area contributed by atoms with Crippen LogP contribution in [0.2, 0.25) is 5.02 Å². The molecule has 3 rings (SSSR count). The molecule has 10 heteroatoms. The van der Waals surface area contributed by atoms with E-state index in [4.69, 9.17) is 21.1 Å². The zero-order valence-electron chi connectivity index (χ0n) is 17.5. The second kappa shape index (κ2) is 10.6. The van der Waals surface area contributed by atoms with E-state index in [1.54, 1.807) is 24.3 Å². The molecule has 32 heavy (non-hydrogen) atoms. The quantitative estimate of drug-likeness (QED) is 0.340. The molecule has 1 atom stereocenters. The molecule has 1 heterocycles. The Morgan fingerprint density at radius 3 is 2.72 bits per heavy atom. The summed E-state index contributed by atoms with van der Waals surface area (Å²) in [4.78, 5) is 12.8. The van der Waals surface area contributed by atoms with E-state index in [1.807, 2.05) is 0 Å². The normalized spacial score (nSPS) is 16.8. The van der Waals surface area contributed by atoms with E-state index in [0.717, 1.165) is 0 Å². The van der Waals surface area contributed by atoms with Gasteiger partial charge in [0.05, 0.1) is 18.2 Å². The Kier molecular flexibility index (Phi) is 7.89. The maximum atomic E-state index is 13.0. The molecule has 2 aromatic rings. The number of hydrogen-bond acceptors (Lipinski definition) is 6. The zero-order chi connectivity index (χ0) is 23.1. The number of nitrogens with one attached hydrogen (secondary N) is 1. The number of benzene rings is 2. The third-order valence-corrected chi connectivity index (χ3v) is 7.03. The lowest BCUT2D eigenvalue weighted by Gasteiger charge is -2.22. The Bertz CT molecular complexity index is 1100. The topological polar surface area (TPSA) is 97.3 Å². The fourth-order valence-corrected chi connectivity index (χ4v) is 5.09. The summed E-state index contributed by atoms with van der Waals surface area (Å²) in [7, 11) is -2.30. The smallest absolute Gasteiger partial charge is 0.258 e. The predicted molar refractivity (Wildman–Crippen MR) is 123 cm³/mol. The van der Waals surface area contributed by atoms with Gasteiger partial charge in [-0.3, -0.25) is 4.79 Å². The van der Waals surface area contributed by atoms with Crippen LogP contribution in [0, 0.1) is 0 Å². The van der Waals surface area contributed by atoms with E-state index >= 15 is 0 Å². The van der Waals surface area contributed by atoms with Gasteiger partial charge in [-0.1, -0.05) is 24.3 Å². The molecule has 0 unspecified atom stereocenters. The maximum Gasteiger partial charge on any atom is 0.258 e. The fraction of sp³-hybridized carbons (Fsp3) is 0.273. The second-order valence-electron chi connectivity index (χ2n) is 6.97. The second-order valence-corrected chi connectivity index (χ2v) is 9.30. The molecular weight excluding hydrogens is 454 g/mol. The number of nitrogens with zero attached hydrogens (tertiary/aromatic N) is 2. The van der Waals surface area contributed by atoms with Gasteiger partial charge in [0.25, 0.3) is 5.91 Å². The molecule has 0 saturated carbocycles. The lowest BCUT2D eigenvalue weighted by atomic mass is 10.2. The van der Waals surface area contributed by atoms with Gasteiger partial charge in [-0.15, -0.1) is 0 Å². The van der Waals surface area contributed by atoms with Crippen LogP contribution in [0.4, 0.5) is 0 Å². The highest BCUT2D eigenvalue weighted by molar-refractivity contribution is 7.89. The molecule has 8 nitrogen and oxygen atoms in total. The van der Waals surface area contributed by atoms with Crippen molar-refractivity contribution in [3.8, 4) is 11.5 Å². The number of amides is 1.